The van der Waals surface area contributed by atoms with Gasteiger partial charge in [0.1, 0.15) is 35.8 Å². The normalized spacial score (nSPS) is 11.3. The molecule has 2 aromatic carbocycles. The van der Waals surface area contributed by atoms with E-state index in [4.69, 9.17) is 14.7 Å². The number of aromatic nitrogens is 1. The Morgan fingerprint density at radius 1 is 1.09 bits per heavy atom. The van der Waals surface area contributed by atoms with Gasteiger partial charge in [0.15, 0.2) is 6.61 Å². The molecule has 0 aliphatic heterocycles. The second-order valence-corrected chi connectivity index (χ2v) is 7.81. The van der Waals surface area contributed by atoms with Crippen LogP contribution in [0.3, 0.4) is 0 Å². The van der Waals surface area contributed by atoms with E-state index in [1.807, 2.05) is 42.5 Å². The third kappa shape index (κ3) is 7.99. The van der Waals surface area contributed by atoms with Crippen molar-refractivity contribution in [3.05, 3.63) is 82.3 Å². The second kappa shape index (κ2) is 12.9. The Morgan fingerprint density at radius 3 is 2.63 bits per heavy atom. The van der Waals surface area contributed by atoms with Crippen molar-refractivity contribution in [3.63, 3.8) is 0 Å². The molecular formula is C26H28N4O5. The van der Waals surface area contributed by atoms with Crippen molar-refractivity contribution in [2.45, 2.75) is 13.0 Å². The summed E-state index contributed by atoms with van der Waals surface area (Å²) >= 11 is 0. The fraction of sp³-hybridized carbons (Fsp3) is 0.269. The van der Waals surface area contributed by atoms with E-state index in [1.54, 1.807) is 25.1 Å². The topological polar surface area (TPSA) is 136 Å². The number of ether oxygens (including phenoxy) is 2. The lowest BCUT2D eigenvalue weighted by molar-refractivity contribution is -0.123. The number of aromatic amines is 1. The molecule has 182 valence electrons. The van der Waals surface area contributed by atoms with Crippen LogP contribution in [0, 0.1) is 18.3 Å². The van der Waals surface area contributed by atoms with Crippen LogP contribution in [0.4, 0.5) is 0 Å². The number of aryl methyl sites for hydroxylation is 1. The monoisotopic (exact) mass is 476 g/mol. The number of benzene rings is 2. The summed E-state index contributed by atoms with van der Waals surface area (Å²) in [6.07, 6.45) is -0.670. The molecule has 0 aliphatic carbocycles. The Hall–Kier alpha value is -4.13. The standard InChI is InChI=1S/C26H28N4O5/c1-18-24(13-20(14-27)26(33)30-18)19-6-5-9-23(12-19)35-17-25(32)29-11-10-28-15-21(31)16-34-22-7-3-2-4-8-22/h2-9,12-13,21,28,31H,10-11,15-17H2,1H3,(H,29,32)(H,30,33). The summed E-state index contributed by atoms with van der Waals surface area (Å²) in [5, 5.41) is 24.9. The van der Waals surface area contributed by atoms with E-state index in [0.717, 1.165) is 5.56 Å². The maximum atomic E-state index is 12.1. The Kier molecular flexibility index (Phi) is 9.42. The van der Waals surface area contributed by atoms with Crippen LogP contribution in [-0.4, -0.2) is 54.9 Å². The molecule has 0 spiro atoms. The predicted molar refractivity (Wildman–Crippen MR) is 131 cm³/mol. The van der Waals surface area contributed by atoms with Gasteiger partial charge >= 0.3 is 0 Å². The van der Waals surface area contributed by atoms with Crippen LogP contribution in [0.1, 0.15) is 11.3 Å². The number of para-hydroxylation sites is 1. The first kappa shape index (κ1) is 25.5. The lowest BCUT2D eigenvalue weighted by Crippen LogP contribution is -2.38. The molecule has 9 heteroatoms. The van der Waals surface area contributed by atoms with Gasteiger partial charge in [-0.2, -0.15) is 5.26 Å². The minimum atomic E-state index is -0.670. The van der Waals surface area contributed by atoms with Gasteiger partial charge < -0.3 is 30.2 Å². The summed E-state index contributed by atoms with van der Waals surface area (Å²) < 4.78 is 11.1. The number of pyridine rings is 1. The van der Waals surface area contributed by atoms with Gasteiger partial charge in [0.2, 0.25) is 0 Å². The average molecular weight is 477 g/mol. The number of aliphatic hydroxyl groups excluding tert-OH is 1. The Balaban J connectivity index is 1.37. The zero-order chi connectivity index (χ0) is 25.0. The molecule has 0 saturated heterocycles. The predicted octanol–water partition coefficient (Wildman–Crippen LogP) is 1.75. The Bertz CT molecular complexity index is 1220. The summed E-state index contributed by atoms with van der Waals surface area (Å²) in [5.74, 6) is 0.906. The van der Waals surface area contributed by atoms with Crippen molar-refractivity contribution >= 4 is 5.91 Å². The first-order chi connectivity index (χ1) is 17.0. The van der Waals surface area contributed by atoms with Crippen LogP contribution >= 0.6 is 0 Å². The second-order valence-electron chi connectivity index (χ2n) is 7.81. The van der Waals surface area contributed by atoms with Crippen LogP contribution in [0.25, 0.3) is 11.1 Å². The number of aliphatic hydroxyl groups is 1. The zero-order valence-electron chi connectivity index (χ0n) is 19.4. The first-order valence-electron chi connectivity index (χ1n) is 11.2. The maximum absolute atomic E-state index is 12.1. The summed E-state index contributed by atoms with van der Waals surface area (Å²) in [5.41, 5.74) is 1.70. The molecule has 1 aromatic heterocycles. The van der Waals surface area contributed by atoms with E-state index in [9.17, 15) is 14.7 Å². The van der Waals surface area contributed by atoms with Crippen LogP contribution in [0.5, 0.6) is 11.5 Å². The molecule has 3 aromatic rings. The highest BCUT2D eigenvalue weighted by Crippen LogP contribution is 2.25. The molecule has 0 aliphatic rings. The number of rotatable bonds is 12. The van der Waals surface area contributed by atoms with Crippen LogP contribution in [0.15, 0.2) is 65.5 Å². The van der Waals surface area contributed by atoms with Crippen molar-refractivity contribution in [2.24, 2.45) is 0 Å². The average Bonchev–Trinajstić information content (AvgIpc) is 2.87. The van der Waals surface area contributed by atoms with Crippen LogP contribution < -0.4 is 25.7 Å². The molecule has 1 unspecified atom stereocenters. The number of carbonyl (C=O) groups excluding carboxylic acids is 1. The zero-order valence-corrected chi connectivity index (χ0v) is 19.4. The highest BCUT2D eigenvalue weighted by molar-refractivity contribution is 5.77. The number of hydrogen-bond donors (Lipinski definition) is 4. The molecule has 3 rings (SSSR count). The summed E-state index contributed by atoms with van der Waals surface area (Å²) in [6, 6.07) is 19.8. The number of carbonyl (C=O) groups is 1. The van der Waals surface area contributed by atoms with E-state index in [1.165, 1.54) is 6.07 Å². The number of amides is 1. The van der Waals surface area contributed by atoms with E-state index in [2.05, 4.69) is 15.6 Å². The molecule has 0 fully saturated rings. The molecule has 35 heavy (non-hydrogen) atoms. The van der Waals surface area contributed by atoms with Gasteiger partial charge in [0.05, 0.1) is 0 Å². The van der Waals surface area contributed by atoms with Crippen molar-refractivity contribution < 1.29 is 19.4 Å². The summed E-state index contributed by atoms with van der Waals surface area (Å²) in [4.78, 5) is 26.5. The molecule has 0 radical (unpaired) electrons. The number of nitrogens with zero attached hydrogens (tertiary/aromatic N) is 1. The number of H-pyrrole nitrogens is 1. The van der Waals surface area contributed by atoms with Gasteiger partial charge in [-0.1, -0.05) is 30.3 Å². The molecule has 4 N–H and O–H groups in total. The third-order valence-electron chi connectivity index (χ3n) is 5.06. The largest absolute Gasteiger partial charge is 0.491 e. The van der Waals surface area contributed by atoms with Crippen molar-refractivity contribution in [1.82, 2.24) is 15.6 Å². The third-order valence-corrected chi connectivity index (χ3v) is 5.06. The Labute approximate surface area is 203 Å². The van der Waals surface area contributed by atoms with Crippen molar-refractivity contribution in [2.75, 3.05) is 32.8 Å². The van der Waals surface area contributed by atoms with Gasteiger partial charge in [-0.25, -0.2) is 0 Å². The minimum Gasteiger partial charge on any atom is -0.491 e. The molecule has 0 bridgehead atoms. The van der Waals surface area contributed by atoms with Crippen LogP contribution in [0.2, 0.25) is 0 Å². The molecule has 1 heterocycles. The number of nitrogens with one attached hydrogen (secondary N) is 3. The van der Waals surface area contributed by atoms with Gasteiger partial charge in [-0.05, 0) is 42.8 Å². The molecule has 1 atom stereocenters. The molecular weight excluding hydrogens is 448 g/mol. The summed E-state index contributed by atoms with van der Waals surface area (Å²) in [6.45, 7) is 2.96. The van der Waals surface area contributed by atoms with Gasteiger partial charge in [-0.3, -0.25) is 9.59 Å². The fourth-order valence-electron chi connectivity index (χ4n) is 3.29. The number of hydrogen-bond acceptors (Lipinski definition) is 7. The lowest BCUT2D eigenvalue weighted by atomic mass is 10.0. The molecule has 1 amide bonds. The first-order valence-corrected chi connectivity index (χ1v) is 11.2. The van der Waals surface area contributed by atoms with Gasteiger partial charge in [0, 0.05) is 30.9 Å². The van der Waals surface area contributed by atoms with Crippen molar-refractivity contribution in [3.8, 4) is 28.7 Å². The summed E-state index contributed by atoms with van der Waals surface area (Å²) in [7, 11) is 0. The van der Waals surface area contributed by atoms with Crippen LogP contribution in [-0.2, 0) is 4.79 Å². The van der Waals surface area contributed by atoms with Crippen molar-refractivity contribution in [1.29, 1.82) is 5.26 Å². The number of nitriles is 1. The smallest absolute Gasteiger partial charge is 0.266 e. The van der Waals surface area contributed by atoms with E-state index in [-0.39, 0.29) is 24.7 Å². The highest BCUT2D eigenvalue weighted by Gasteiger charge is 2.10. The SMILES string of the molecule is Cc1[nH]c(=O)c(C#N)cc1-c1cccc(OCC(=O)NCCNCC(O)COc2ccccc2)c1. The fourth-order valence-corrected chi connectivity index (χ4v) is 3.29. The van der Waals surface area contributed by atoms with E-state index in [0.29, 0.717) is 42.4 Å². The molecule has 9 nitrogen and oxygen atoms in total. The highest BCUT2D eigenvalue weighted by atomic mass is 16.5. The molecule has 0 saturated carbocycles. The maximum Gasteiger partial charge on any atom is 0.266 e. The van der Waals surface area contributed by atoms with Gasteiger partial charge in [-0.15, -0.1) is 0 Å². The Morgan fingerprint density at radius 2 is 1.86 bits per heavy atom. The van der Waals surface area contributed by atoms with E-state index >= 15 is 0 Å². The van der Waals surface area contributed by atoms with Gasteiger partial charge in [0.25, 0.3) is 11.5 Å². The minimum absolute atomic E-state index is 0.0288. The lowest BCUT2D eigenvalue weighted by Gasteiger charge is -2.13. The van der Waals surface area contributed by atoms with E-state index < -0.39 is 11.7 Å². The quantitative estimate of drug-likeness (QED) is 0.292.